The molecular weight excluding hydrogens is 608 g/mol. The Kier molecular flexibility index (Phi) is 7.74. The van der Waals surface area contributed by atoms with Crippen molar-refractivity contribution in [1.82, 2.24) is 9.88 Å². The molecule has 2 amide bonds. The van der Waals surface area contributed by atoms with Crippen LogP contribution >= 0.6 is 24.0 Å². The fourth-order valence-corrected chi connectivity index (χ4v) is 6.18. The number of amides is 2. The van der Waals surface area contributed by atoms with Gasteiger partial charge in [0, 0.05) is 28.4 Å². The lowest BCUT2D eigenvalue weighted by Crippen LogP contribution is -2.54. The number of fused-ring (bicyclic) bond motifs is 1. The number of hydrogen-bond donors (Lipinski definition) is 1. The molecule has 4 aromatic carbocycles. The highest BCUT2D eigenvalue weighted by Gasteiger charge is 2.35. The first-order valence-corrected chi connectivity index (χ1v) is 14.5. The first kappa shape index (κ1) is 29.2. The fourth-order valence-electron chi connectivity index (χ4n) is 4.83. The zero-order valence-electron chi connectivity index (χ0n) is 23.0. The van der Waals surface area contributed by atoms with E-state index in [9.17, 15) is 22.8 Å². The number of nitrogens with one attached hydrogen (secondary N) is 1. The summed E-state index contributed by atoms with van der Waals surface area (Å²) in [6, 6.07) is 28.2. The van der Waals surface area contributed by atoms with Crippen molar-refractivity contribution < 1.29 is 27.5 Å². The smallest absolute Gasteiger partial charge is 0.416 e. The Morgan fingerprint density at radius 1 is 0.864 bits per heavy atom. The van der Waals surface area contributed by atoms with Gasteiger partial charge in [0.05, 0.1) is 16.3 Å². The molecule has 44 heavy (non-hydrogen) atoms. The number of alkyl halides is 3. The molecule has 0 unspecified atom stereocenters. The number of nitrogens with zero attached hydrogens (tertiary/aromatic N) is 2. The zero-order valence-corrected chi connectivity index (χ0v) is 24.6. The van der Waals surface area contributed by atoms with E-state index in [4.69, 9.17) is 17.0 Å². The number of rotatable bonds is 6. The molecule has 6 rings (SSSR count). The summed E-state index contributed by atoms with van der Waals surface area (Å²) < 4.78 is 47.9. The van der Waals surface area contributed by atoms with Crippen LogP contribution in [0.2, 0.25) is 0 Å². The molecule has 1 N–H and O–H groups in total. The molecule has 6 nitrogen and oxygen atoms in total. The Morgan fingerprint density at radius 2 is 1.55 bits per heavy atom. The molecule has 0 radical (unpaired) electrons. The van der Waals surface area contributed by atoms with E-state index in [1.54, 1.807) is 37.4 Å². The van der Waals surface area contributed by atoms with Crippen LogP contribution in [0, 0.1) is 0 Å². The molecule has 11 heteroatoms. The third kappa shape index (κ3) is 5.71. The van der Waals surface area contributed by atoms with Gasteiger partial charge in [-0.05, 0) is 79.0 Å². The van der Waals surface area contributed by atoms with Crippen molar-refractivity contribution >= 4 is 63.6 Å². The summed E-state index contributed by atoms with van der Waals surface area (Å²) >= 11 is 6.48. The van der Waals surface area contributed by atoms with Crippen LogP contribution in [0.25, 0.3) is 17.0 Å². The molecule has 0 saturated carbocycles. The number of hydrogen-bond acceptors (Lipinski definition) is 5. The highest BCUT2D eigenvalue weighted by Crippen LogP contribution is 2.40. The molecule has 220 valence electrons. The number of thiocarbonyl (C=S) groups is 1. The second-order valence-electron chi connectivity index (χ2n) is 9.79. The van der Waals surface area contributed by atoms with Crippen molar-refractivity contribution in [3.8, 4) is 11.5 Å². The molecule has 0 spiro atoms. The van der Waals surface area contributed by atoms with Gasteiger partial charge in [-0.15, -0.1) is 0 Å². The van der Waals surface area contributed by atoms with Gasteiger partial charge in [0.15, 0.2) is 5.11 Å². The molecule has 0 aliphatic carbocycles. The average molecular weight is 630 g/mol. The van der Waals surface area contributed by atoms with E-state index in [1.807, 2.05) is 59.2 Å². The maximum Gasteiger partial charge on any atom is 0.416 e. The Morgan fingerprint density at radius 3 is 2.27 bits per heavy atom. The average Bonchev–Trinajstić information content (AvgIpc) is 3.26. The molecule has 1 fully saturated rings. The van der Waals surface area contributed by atoms with E-state index < -0.39 is 23.6 Å². The highest BCUT2D eigenvalue weighted by molar-refractivity contribution is 7.99. The Labute approximate surface area is 259 Å². The standard InChI is InChI=1S/C33H22F3N3O3S2/c1-38-28-13-6-5-12-25(28)26(31(38)44-24-11-7-8-20(18-24)33(34,35)36)19-27-29(40)37-32(43)39(30(27)41)21-14-16-23(17-15-21)42-22-9-3-2-4-10-22/h2-19H,1H3,(H,37,40,43). The maximum absolute atomic E-state index is 13.8. The van der Waals surface area contributed by atoms with Gasteiger partial charge in [0.2, 0.25) is 0 Å². The Hall–Kier alpha value is -4.87. The van der Waals surface area contributed by atoms with Crippen molar-refractivity contribution in [2.75, 3.05) is 4.90 Å². The number of carbonyl (C=O) groups excluding carboxylic acids is 2. The SMILES string of the molecule is Cn1c(Sc2cccc(C(F)(F)F)c2)c(C=C2C(=O)NC(=S)N(c3ccc(Oc4ccccc4)cc3)C2=O)c2ccccc21. The van der Waals surface area contributed by atoms with Crippen molar-refractivity contribution in [3.63, 3.8) is 0 Å². The Bertz CT molecular complexity index is 1950. The van der Waals surface area contributed by atoms with Crippen molar-refractivity contribution in [2.45, 2.75) is 16.1 Å². The first-order valence-electron chi connectivity index (χ1n) is 13.3. The molecule has 1 aromatic heterocycles. The second kappa shape index (κ2) is 11.7. The van der Waals surface area contributed by atoms with Gasteiger partial charge in [-0.3, -0.25) is 19.8 Å². The van der Waals surface area contributed by atoms with E-state index in [0.717, 1.165) is 34.8 Å². The van der Waals surface area contributed by atoms with E-state index in [1.165, 1.54) is 17.0 Å². The molecule has 0 bridgehead atoms. The lowest BCUT2D eigenvalue weighted by Gasteiger charge is -2.29. The maximum atomic E-state index is 13.8. The third-order valence-electron chi connectivity index (χ3n) is 6.93. The Balaban J connectivity index is 1.37. The van der Waals surface area contributed by atoms with Crippen LogP contribution < -0.4 is 15.0 Å². The van der Waals surface area contributed by atoms with E-state index in [0.29, 0.717) is 32.7 Å². The van der Waals surface area contributed by atoms with Crippen LogP contribution in [0.5, 0.6) is 11.5 Å². The lowest BCUT2D eigenvalue weighted by molar-refractivity contribution is -0.137. The minimum absolute atomic E-state index is 0.0784. The van der Waals surface area contributed by atoms with Gasteiger partial charge in [-0.1, -0.05) is 54.2 Å². The van der Waals surface area contributed by atoms with Crippen LogP contribution in [0.4, 0.5) is 18.9 Å². The molecule has 0 atom stereocenters. The zero-order chi connectivity index (χ0) is 31.0. The van der Waals surface area contributed by atoms with Crippen molar-refractivity contribution in [3.05, 3.63) is 120 Å². The van der Waals surface area contributed by atoms with Crippen molar-refractivity contribution in [2.24, 2.45) is 7.05 Å². The topological polar surface area (TPSA) is 63.6 Å². The minimum Gasteiger partial charge on any atom is -0.457 e. The molecule has 5 aromatic rings. The van der Waals surface area contributed by atoms with E-state index in [-0.39, 0.29) is 10.7 Å². The lowest BCUT2D eigenvalue weighted by atomic mass is 10.1. The van der Waals surface area contributed by atoms with Crippen LogP contribution in [0.1, 0.15) is 11.1 Å². The number of halogens is 3. The molecular formula is C33H22F3N3O3S2. The van der Waals surface area contributed by atoms with Crippen LogP contribution in [0.15, 0.2) is 119 Å². The third-order valence-corrected chi connectivity index (χ3v) is 8.39. The number of benzene rings is 4. The molecule has 1 aliphatic heterocycles. The molecule has 1 aliphatic rings. The van der Waals surface area contributed by atoms with Crippen molar-refractivity contribution in [1.29, 1.82) is 0 Å². The molecule has 1 saturated heterocycles. The monoisotopic (exact) mass is 629 g/mol. The van der Waals surface area contributed by atoms with Crippen LogP contribution in [-0.2, 0) is 22.8 Å². The fraction of sp³-hybridized carbons (Fsp3) is 0.0606. The first-order chi connectivity index (χ1) is 21.1. The predicted octanol–water partition coefficient (Wildman–Crippen LogP) is 7.97. The molecule has 2 heterocycles. The predicted molar refractivity (Wildman–Crippen MR) is 168 cm³/mol. The number of aromatic nitrogens is 1. The normalized spacial score (nSPS) is 14.8. The quantitative estimate of drug-likeness (QED) is 0.117. The van der Waals surface area contributed by atoms with Gasteiger partial charge in [0.25, 0.3) is 11.8 Å². The summed E-state index contributed by atoms with van der Waals surface area (Å²) in [5.74, 6) is -0.125. The summed E-state index contributed by atoms with van der Waals surface area (Å²) in [5.41, 5.74) is 0.767. The second-order valence-corrected chi connectivity index (χ2v) is 11.2. The van der Waals surface area contributed by atoms with Crippen LogP contribution in [-0.4, -0.2) is 21.5 Å². The summed E-state index contributed by atoms with van der Waals surface area (Å²) in [4.78, 5) is 28.6. The van der Waals surface area contributed by atoms with E-state index >= 15 is 0 Å². The summed E-state index contributed by atoms with van der Waals surface area (Å²) in [7, 11) is 1.78. The summed E-state index contributed by atoms with van der Waals surface area (Å²) in [5, 5.41) is 3.79. The summed E-state index contributed by atoms with van der Waals surface area (Å²) in [6.07, 6.45) is -3.03. The van der Waals surface area contributed by atoms with E-state index in [2.05, 4.69) is 5.32 Å². The summed E-state index contributed by atoms with van der Waals surface area (Å²) in [6.45, 7) is 0. The largest absolute Gasteiger partial charge is 0.457 e. The number of carbonyl (C=O) groups is 2. The van der Waals surface area contributed by atoms with Gasteiger partial charge >= 0.3 is 6.18 Å². The van der Waals surface area contributed by atoms with Crippen LogP contribution in [0.3, 0.4) is 0 Å². The van der Waals surface area contributed by atoms with Gasteiger partial charge < -0.3 is 9.30 Å². The number of anilines is 1. The van der Waals surface area contributed by atoms with Gasteiger partial charge in [0.1, 0.15) is 17.1 Å². The number of para-hydroxylation sites is 2. The van der Waals surface area contributed by atoms with Gasteiger partial charge in [-0.25, -0.2) is 0 Å². The number of aryl methyl sites for hydroxylation is 1. The number of ether oxygens (including phenoxy) is 1. The van der Waals surface area contributed by atoms with Gasteiger partial charge in [-0.2, -0.15) is 13.2 Å². The highest BCUT2D eigenvalue weighted by atomic mass is 32.2. The minimum atomic E-state index is -4.50.